The molecule has 22 heavy (non-hydrogen) atoms. The molecular weight excluding hydrogens is 302 g/mol. The summed E-state index contributed by atoms with van der Waals surface area (Å²) < 4.78 is 0. The molecule has 2 rings (SSSR count). The van der Waals surface area contributed by atoms with Crippen molar-refractivity contribution in [3.63, 3.8) is 0 Å². The van der Waals surface area contributed by atoms with Crippen LogP contribution in [0.15, 0.2) is 24.3 Å². The Hall–Kier alpha value is -1.75. The highest BCUT2D eigenvalue weighted by atomic mass is 35.5. The molecule has 120 valence electrons. The van der Waals surface area contributed by atoms with Gasteiger partial charge in [0, 0.05) is 44.7 Å². The maximum absolute atomic E-state index is 12.2. The van der Waals surface area contributed by atoms with Crippen LogP contribution >= 0.6 is 11.6 Å². The van der Waals surface area contributed by atoms with E-state index < -0.39 is 0 Å². The maximum atomic E-state index is 12.2. The van der Waals surface area contributed by atoms with Gasteiger partial charge in [-0.05, 0) is 23.6 Å². The molecule has 0 radical (unpaired) electrons. The summed E-state index contributed by atoms with van der Waals surface area (Å²) in [6.45, 7) is 6.58. The molecule has 6 heteroatoms. The number of nitrogens with zero attached hydrogens (tertiary/aromatic N) is 2. The summed E-state index contributed by atoms with van der Waals surface area (Å²) in [7, 11) is 0. The van der Waals surface area contributed by atoms with Crippen molar-refractivity contribution in [1.82, 2.24) is 15.1 Å². The van der Waals surface area contributed by atoms with Gasteiger partial charge in [0.2, 0.25) is 5.91 Å². The fourth-order valence-corrected chi connectivity index (χ4v) is 2.61. The molecule has 0 spiro atoms. The highest BCUT2D eigenvalue weighted by molar-refractivity contribution is 6.30. The topological polar surface area (TPSA) is 52.7 Å². The average molecular weight is 324 g/mol. The summed E-state index contributed by atoms with van der Waals surface area (Å²) in [6, 6.07) is 7.60. The van der Waals surface area contributed by atoms with E-state index in [-0.39, 0.29) is 17.9 Å². The second kappa shape index (κ2) is 7.49. The van der Waals surface area contributed by atoms with Gasteiger partial charge in [0.25, 0.3) is 0 Å². The van der Waals surface area contributed by atoms with Crippen molar-refractivity contribution >= 4 is 23.5 Å². The van der Waals surface area contributed by atoms with E-state index in [1.807, 2.05) is 24.3 Å². The van der Waals surface area contributed by atoms with Crippen molar-refractivity contribution in [2.75, 3.05) is 32.7 Å². The molecule has 0 bridgehead atoms. The fourth-order valence-electron chi connectivity index (χ4n) is 2.49. The van der Waals surface area contributed by atoms with Gasteiger partial charge in [0.15, 0.2) is 0 Å². The lowest BCUT2D eigenvalue weighted by atomic mass is 10.0. The van der Waals surface area contributed by atoms with E-state index >= 15 is 0 Å². The van der Waals surface area contributed by atoms with Crippen LogP contribution < -0.4 is 5.32 Å². The number of amides is 3. The van der Waals surface area contributed by atoms with E-state index in [1.165, 1.54) is 0 Å². The molecule has 1 heterocycles. The molecule has 1 N–H and O–H groups in total. The number of halogens is 1. The maximum Gasteiger partial charge on any atom is 0.317 e. The minimum atomic E-state index is -0.0657. The predicted octanol–water partition coefficient (Wildman–Crippen LogP) is 2.32. The molecule has 1 saturated heterocycles. The van der Waals surface area contributed by atoms with Crippen molar-refractivity contribution in [1.29, 1.82) is 0 Å². The lowest BCUT2D eigenvalue weighted by Gasteiger charge is -2.34. The first-order valence-electron chi connectivity index (χ1n) is 7.51. The molecule has 0 saturated carbocycles. The molecule has 1 unspecified atom stereocenters. The van der Waals surface area contributed by atoms with Crippen LogP contribution in [-0.4, -0.2) is 54.5 Å². The Morgan fingerprint density at radius 3 is 2.23 bits per heavy atom. The van der Waals surface area contributed by atoms with Gasteiger partial charge < -0.3 is 15.1 Å². The summed E-state index contributed by atoms with van der Waals surface area (Å²) in [5.41, 5.74) is 1.14. The van der Waals surface area contributed by atoms with E-state index in [2.05, 4.69) is 12.2 Å². The van der Waals surface area contributed by atoms with Crippen molar-refractivity contribution in [2.24, 2.45) is 0 Å². The highest BCUT2D eigenvalue weighted by Crippen LogP contribution is 2.17. The Balaban J connectivity index is 1.78. The smallest absolute Gasteiger partial charge is 0.317 e. The SMILES string of the molecule is CC(=O)N1CCN(C(=O)NCC(C)c2ccc(Cl)cc2)CC1. The molecular formula is C16H22ClN3O2. The van der Waals surface area contributed by atoms with E-state index in [9.17, 15) is 9.59 Å². The average Bonchev–Trinajstić information content (AvgIpc) is 2.53. The number of nitrogens with one attached hydrogen (secondary N) is 1. The number of piperazine rings is 1. The second-order valence-electron chi connectivity index (χ2n) is 5.63. The molecule has 1 aliphatic rings. The number of urea groups is 1. The van der Waals surface area contributed by atoms with Crippen molar-refractivity contribution in [3.05, 3.63) is 34.9 Å². The number of benzene rings is 1. The van der Waals surface area contributed by atoms with Crippen LogP contribution in [0.25, 0.3) is 0 Å². The molecule has 5 nitrogen and oxygen atoms in total. The molecule has 0 aromatic heterocycles. The Morgan fingerprint density at radius 1 is 1.14 bits per heavy atom. The van der Waals surface area contributed by atoms with Crippen LogP contribution in [-0.2, 0) is 4.79 Å². The number of hydrogen-bond acceptors (Lipinski definition) is 2. The summed E-state index contributed by atoms with van der Waals surface area (Å²) >= 11 is 5.88. The molecule has 0 aliphatic carbocycles. The monoisotopic (exact) mass is 323 g/mol. The van der Waals surface area contributed by atoms with Crippen LogP contribution in [0, 0.1) is 0 Å². The van der Waals surface area contributed by atoms with Gasteiger partial charge in [-0.2, -0.15) is 0 Å². The first kappa shape index (κ1) is 16.6. The number of rotatable bonds is 3. The van der Waals surface area contributed by atoms with Gasteiger partial charge in [-0.15, -0.1) is 0 Å². The molecule has 1 atom stereocenters. The zero-order valence-corrected chi connectivity index (χ0v) is 13.8. The lowest BCUT2D eigenvalue weighted by molar-refractivity contribution is -0.130. The summed E-state index contributed by atoms with van der Waals surface area (Å²) in [5.74, 6) is 0.288. The van der Waals surface area contributed by atoms with E-state index in [0.717, 1.165) is 5.56 Å². The zero-order chi connectivity index (χ0) is 16.1. The number of carbonyl (C=O) groups excluding carboxylic acids is 2. The lowest BCUT2D eigenvalue weighted by Crippen LogP contribution is -2.53. The Kier molecular flexibility index (Phi) is 5.66. The zero-order valence-electron chi connectivity index (χ0n) is 13.0. The number of carbonyl (C=O) groups is 2. The highest BCUT2D eigenvalue weighted by Gasteiger charge is 2.22. The van der Waals surface area contributed by atoms with Gasteiger partial charge in [-0.3, -0.25) is 4.79 Å². The standard InChI is InChI=1S/C16H22ClN3O2/c1-12(14-3-5-15(17)6-4-14)11-18-16(22)20-9-7-19(8-10-20)13(2)21/h3-6,12H,7-11H2,1-2H3,(H,18,22). The summed E-state index contributed by atoms with van der Waals surface area (Å²) in [5, 5.41) is 3.67. The quantitative estimate of drug-likeness (QED) is 0.928. The van der Waals surface area contributed by atoms with E-state index in [1.54, 1.807) is 16.7 Å². The van der Waals surface area contributed by atoms with E-state index in [0.29, 0.717) is 37.7 Å². The third-order valence-corrected chi connectivity index (χ3v) is 4.26. The summed E-state index contributed by atoms with van der Waals surface area (Å²) in [6.07, 6.45) is 0. The molecule has 1 fully saturated rings. The predicted molar refractivity (Wildman–Crippen MR) is 87.1 cm³/mol. The van der Waals surface area contributed by atoms with Crippen molar-refractivity contribution < 1.29 is 9.59 Å². The van der Waals surface area contributed by atoms with Gasteiger partial charge in [-0.25, -0.2) is 4.79 Å². The van der Waals surface area contributed by atoms with Crippen molar-refractivity contribution in [2.45, 2.75) is 19.8 Å². The first-order valence-corrected chi connectivity index (χ1v) is 7.89. The normalized spacial score (nSPS) is 16.3. The Labute approximate surface area is 136 Å². The van der Waals surface area contributed by atoms with Gasteiger partial charge in [0.05, 0.1) is 0 Å². The third-order valence-electron chi connectivity index (χ3n) is 4.01. The van der Waals surface area contributed by atoms with Gasteiger partial charge in [-0.1, -0.05) is 30.7 Å². The van der Waals surface area contributed by atoms with Crippen LogP contribution in [0.1, 0.15) is 25.3 Å². The largest absolute Gasteiger partial charge is 0.339 e. The van der Waals surface area contributed by atoms with Crippen LogP contribution in [0.3, 0.4) is 0 Å². The first-order chi connectivity index (χ1) is 10.5. The fraction of sp³-hybridized carbons (Fsp3) is 0.500. The van der Waals surface area contributed by atoms with Crippen LogP contribution in [0.5, 0.6) is 0 Å². The molecule has 1 aromatic carbocycles. The Bertz CT molecular complexity index is 525. The van der Waals surface area contributed by atoms with E-state index in [4.69, 9.17) is 11.6 Å². The summed E-state index contributed by atoms with van der Waals surface area (Å²) in [4.78, 5) is 26.9. The van der Waals surface area contributed by atoms with Gasteiger partial charge in [0.1, 0.15) is 0 Å². The molecule has 1 aliphatic heterocycles. The molecule has 1 aromatic rings. The molecule has 3 amide bonds. The minimum Gasteiger partial charge on any atom is -0.339 e. The van der Waals surface area contributed by atoms with Gasteiger partial charge >= 0.3 is 6.03 Å². The second-order valence-corrected chi connectivity index (χ2v) is 6.07. The van der Waals surface area contributed by atoms with Crippen LogP contribution in [0.2, 0.25) is 5.02 Å². The minimum absolute atomic E-state index is 0.0657. The van der Waals surface area contributed by atoms with Crippen LogP contribution in [0.4, 0.5) is 4.79 Å². The van der Waals surface area contributed by atoms with Crippen molar-refractivity contribution in [3.8, 4) is 0 Å². The number of hydrogen-bond donors (Lipinski definition) is 1. The Morgan fingerprint density at radius 2 is 1.68 bits per heavy atom. The third kappa shape index (κ3) is 4.37.